The number of ether oxygens (including phenoxy) is 3. The highest BCUT2D eigenvalue weighted by atomic mass is 32.1. The van der Waals surface area contributed by atoms with Crippen LogP contribution in [-0.4, -0.2) is 44.0 Å². The Hall–Kier alpha value is -2.06. The van der Waals surface area contributed by atoms with Crippen LogP contribution >= 0.6 is 12.2 Å². The molecule has 1 atom stereocenters. The van der Waals surface area contributed by atoms with E-state index in [1.807, 2.05) is 13.8 Å². The van der Waals surface area contributed by atoms with Gasteiger partial charge in [-0.05, 0) is 50.3 Å². The van der Waals surface area contributed by atoms with Gasteiger partial charge in [0.2, 0.25) is 0 Å². The quantitative estimate of drug-likeness (QED) is 0.481. The first-order valence-electron chi connectivity index (χ1n) is 7.25. The fraction of sp³-hybridized carbons (Fsp3) is 0.467. The first-order chi connectivity index (χ1) is 11.0. The van der Waals surface area contributed by atoms with E-state index in [0.29, 0.717) is 24.1 Å². The Bertz CT molecular complexity index is 496. The van der Waals surface area contributed by atoms with Crippen molar-refractivity contribution in [2.24, 2.45) is 0 Å². The molecule has 0 saturated carbocycles. The summed E-state index contributed by atoms with van der Waals surface area (Å²) in [6.07, 6.45) is 0. The molecule has 0 heterocycles. The number of nitrogens with one attached hydrogen (secondary N) is 3. The number of carbonyl (C=O) groups is 1. The van der Waals surface area contributed by atoms with Crippen molar-refractivity contribution in [1.29, 1.82) is 0 Å². The normalized spacial score (nSPS) is 11.3. The van der Waals surface area contributed by atoms with Crippen LogP contribution in [0.1, 0.15) is 13.8 Å². The lowest BCUT2D eigenvalue weighted by molar-refractivity contribution is -0.123. The second-order valence-electron chi connectivity index (χ2n) is 4.70. The van der Waals surface area contributed by atoms with Crippen LogP contribution in [0.4, 0.5) is 0 Å². The Morgan fingerprint density at radius 1 is 1.17 bits per heavy atom. The van der Waals surface area contributed by atoms with Crippen molar-refractivity contribution in [3.8, 4) is 11.5 Å². The number of carbonyl (C=O) groups excluding carboxylic acids is 1. The Morgan fingerprint density at radius 3 is 2.35 bits per heavy atom. The zero-order valence-corrected chi connectivity index (χ0v) is 14.4. The fourth-order valence-electron chi connectivity index (χ4n) is 1.66. The van der Waals surface area contributed by atoms with E-state index < -0.39 is 0 Å². The van der Waals surface area contributed by atoms with Gasteiger partial charge in [-0.3, -0.25) is 15.6 Å². The second kappa shape index (κ2) is 10.6. The molecule has 0 fully saturated rings. The number of hydrogen-bond donors (Lipinski definition) is 3. The summed E-state index contributed by atoms with van der Waals surface area (Å²) in [7, 11) is 1.61. The molecule has 128 valence electrons. The van der Waals surface area contributed by atoms with Gasteiger partial charge in [0.15, 0.2) is 11.7 Å². The van der Waals surface area contributed by atoms with Crippen LogP contribution in [0.2, 0.25) is 0 Å². The number of hydrazine groups is 1. The maximum absolute atomic E-state index is 11.7. The topological polar surface area (TPSA) is 80.9 Å². The summed E-state index contributed by atoms with van der Waals surface area (Å²) in [5, 5.41) is 3.26. The number of amides is 1. The van der Waals surface area contributed by atoms with Gasteiger partial charge in [-0.25, -0.2) is 0 Å². The number of hydrogen-bond acceptors (Lipinski definition) is 5. The summed E-state index contributed by atoms with van der Waals surface area (Å²) in [5.74, 6) is 0.994. The van der Waals surface area contributed by atoms with Crippen molar-refractivity contribution >= 4 is 23.2 Å². The van der Waals surface area contributed by atoms with Crippen molar-refractivity contribution in [3.63, 3.8) is 0 Å². The lowest BCUT2D eigenvalue weighted by Gasteiger charge is -2.16. The summed E-state index contributed by atoms with van der Waals surface area (Å²) < 4.78 is 15.7. The largest absolute Gasteiger partial charge is 0.494 e. The molecule has 0 unspecified atom stereocenters. The van der Waals surface area contributed by atoms with Gasteiger partial charge in [-0.15, -0.1) is 0 Å². The number of rotatable bonds is 8. The van der Waals surface area contributed by atoms with Crippen LogP contribution in [0, 0.1) is 0 Å². The summed E-state index contributed by atoms with van der Waals surface area (Å²) in [6.45, 7) is 4.81. The third-order valence-electron chi connectivity index (χ3n) is 2.61. The van der Waals surface area contributed by atoms with E-state index in [9.17, 15) is 4.79 Å². The van der Waals surface area contributed by atoms with Gasteiger partial charge < -0.3 is 19.5 Å². The molecule has 0 aromatic heterocycles. The molecule has 1 amide bonds. The van der Waals surface area contributed by atoms with Crippen molar-refractivity contribution in [2.45, 2.75) is 19.9 Å². The standard InChI is InChI=1S/C15H23N3O4S/c1-4-21-12-5-7-13(8-6-12)22-10-14(19)17-18-15(23)16-11(2)9-20-3/h5-8,11H,4,9-10H2,1-3H3,(H,17,19)(H2,16,18,23)/t11-/m1/s1. The molecule has 0 bridgehead atoms. The minimum Gasteiger partial charge on any atom is -0.494 e. The number of methoxy groups -OCH3 is 1. The van der Waals surface area contributed by atoms with Crippen LogP contribution in [0.3, 0.4) is 0 Å². The molecule has 0 aliphatic carbocycles. The summed E-state index contributed by atoms with van der Waals surface area (Å²) >= 11 is 5.03. The van der Waals surface area contributed by atoms with Crippen molar-refractivity contribution < 1.29 is 19.0 Å². The molecule has 23 heavy (non-hydrogen) atoms. The molecule has 0 radical (unpaired) electrons. The Kier molecular flexibility index (Phi) is 8.78. The van der Waals surface area contributed by atoms with E-state index in [4.69, 9.17) is 26.4 Å². The zero-order chi connectivity index (χ0) is 17.1. The molecule has 0 saturated heterocycles. The minimum atomic E-state index is -0.345. The number of benzene rings is 1. The molecule has 0 aliphatic rings. The molecule has 0 aliphatic heterocycles. The lowest BCUT2D eigenvalue weighted by atomic mass is 10.3. The predicted octanol–water partition coefficient (Wildman–Crippen LogP) is 0.994. The zero-order valence-electron chi connectivity index (χ0n) is 13.5. The van der Waals surface area contributed by atoms with Crippen molar-refractivity contribution in [1.82, 2.24) is 16.2 Å². The third-order valence-corrected chi connectivity index (χ3v) is 2.83. The Balaban J connectivity index is 2.24. The van der Waals surface area contributed by atoms with Gasteiger partial charge in [0, 0.05) is 13.2 Å². The highest BCUT2D eigenvalue weighted by Crippen LogP contribution is 2.17. The molecule has 0 spiro atoms. The number of thiocarbonyl (C=S) groups is 1. The smallest absolute Gasteiger partial charge is 0.276 e. The molecule has 7 nitrogen and oxygen atoms in total. The third kappa shape index (κ3) is 8.22. The molecule has 1 rings (SSSR count). The first-order valence-corrected chi connectivity index (χ1v) is 7.66. The van der Waals surface area contributed by atoms with Crippen molar-refractivity contribution in [3.05, 3.63) is 24.3 Å². The average Bonchev–Trinajstić information content (AvgIpc) is 2.52. The van der Waals surface area contributed by atoms with Crippen LogP contribution in [0.15, 0.2) is 24.3 Å². The van der Waals surface area contributed by atoms with Gasteiger partial charge in [0.05, 0.1) is 13.2 Å². The molecule has 1 aromatic rings. The van der Waals surface area contributed by atoms with E-state index in [2.05, 4.69) is 16.2 Å². The van der Waals surface area contributed by atoms with Crippen LogP contribution in [0.25, 0.3) is 0 Å². The monoisotopic (exact) mass is 341 g/mol. The molecular weight excluding hydrogens is 318 g/mol. The molecule has 1 aromatic carbocycles. The SMILES string of the molecule is CCOc1ccc(OCC(=O)NNC(=S)N[C@H](C)COC)cc1. The maximum Gasteiger partial charge on any atom is 0.276 e. The van der Waals surface area contributed by atoms with Crippen LogP contribution in [0.5, 0.6) is 11.5 Å². The fourth-order valence-corrected chi connectivity index (χ4v) is 1.91. The molecule has 8 heteroatoms. The van der Waals surface area contributed by atoms with E-state index in [1.54, 1.807) is 31.4 Å². The van der Waals surface area contributed by atoms with Crippen LogP contribution in [-0.2, 0) is 9.53 Å². The molecular formula is C15H23N3O4S. The van der Waals surface area contributed by atoms with Gasteiger partial charge in [-0.2, -0.15) is 0 Å². The van der Waals surface area contributed by atoms with Gasteiger partial charge >= 0.3 is 0 Å². The summed E-state index contributed by atoms with van der Waals surface area (Å²) in [4.78, 5) is 11.7. The Labute approximate surface area is 141 Å². The predicted molar refractivity (Wildman–Crippen MR) is 91.5 cm³/mol. The first kappa shape index (κ1) is 19.0. The maximum atomic E-state index is 11.7. The van der Waals surface area contributed by atoms with Gasteiger partial charge in [0.25, 0.3) is 5.91 Å². The van der Waals surface area contributed by atoms with Gasteiger partial charge in [-0.1, -0.05) is 0 Å². The average molecular weight is 341 g/mol. The van der Waals surface area contributed by atoms with Crippen molar-refractivity contribution in [2.75, 3.05) is 26.9 Å². The summed E-state index contributed by atoms with van der Waals surface area (Å²) in [5.41, 5.74) is 5.05. The summed E-state index contributed by atoms with van der Waals surface area (Å²) in [6, 6.07) is 7.09. The van der Waals surface area contributed by atoms with E-state index >= 15 is 0 Å². The Morgan fingerprint density at radius 2 is 1.78 bits per heavy atom. The lowest BCUT2D eigenvalue weighted by Crippen LogP contribution is -2.50. The van der Waals surface area contributed by atoms with E-state index in [1.165, 1.54) is 0 Å². The highest BCUT2D eigenvalue weighted by molar-refractivity contribution is 7.80. The van der Waals surface area contributed by atoms with Crippen LogP contribution < -0.4 is 25.6 Å². The molecule has 3 N–H and O–H groups in total. The minimum absolute atomic E-state index is 0.0389. The van der Waals surface area contributed by atoms with Gasteiger partial charge in [0.1, 0.15) is 11.5 Å². The van der Waals surface area contributed by atoms with E-state index in [-0.39, 0.29) is 18.6 Å². The highest BCUT2D eigenvalue weighted by Gasteiger charge is 2.06. The second-order valence-corrected chi connectivity index (χ2v) is 5.10. The van der Waals surface area contributed by atoms with E-state index in [0.717, 1.165) is 5.75 Å².